The second-order valence-electron chi connectivity index (χ2n) is 7.75. The first-order valence-electron chi connectivity index (χ1n) is 10.2. The summed E-state index contributed by atoms with van der Waals surface area (Å²) in [7, 11) is 3.77. The molecule has 2 heterocycles. The Labute approximate surface area is 172 Å². The molecule has 6 heteroatoms. The summed E-state index contributed by atoms with van der Waals surface area (Å²) in [6, 6.07) is 18.3. The van der Waals surface area contributed by atoms with Gasteiger partial charge in [0.05, 0.1) is 6.54 Å². The molecule has 4 rings (SSSR count). The molecule has 0 aromatic heterocycles. The Morgan fingerprint density at radius 3 is 2.52 bits per heavy atom. The van der Waals surface area contributed by atoms with Crippen LogP contribution in [0.1, 0.15) is 23.7 Å². The summed E-state index contributed by atoms with van der Waals surface area (Å²) in [5.74, 6) is 0. The van der Waals surface area contributed by atoms with Gasteiger partial charge in [-0.1, -0.05) is 42.5 Å². The predicted molar refractivity (Wildman–Crippen MR) is 113 cm³/mol. The Morgan fingerprint density at radius 1 is 1.07 bits per heavy atom. The van der Waals surface area contributed by atoms with E-state index in [9.17, 15) is 4.79 Å². The standard InChI is InChI=1S/C23H29N3O3/c1-24-13-6-14-25(16-15-24)23(27)26(20-7-4-3-5-8-20)17-18-9-11-19(12-10-18)21-22(28-2)29-21/h3-5,7-12,21-22H,6,13-17H2,1-2H3. The number of carbonyl (C=O) groups is 1. The van der Waals surface area contributed by atoms with Crippen molar-refractivity contribution in [2.24, 2.45) is 0 Å². The fourth-order valence-electron chi connectivity index (χ4n) is 3.80. The molecule has 2 saturated heterocycles. The highest BCUT2D eigenvalue weighted by molar-refractivity contribution is 5.92. The fraction of sp³-hybridized carbons (Fsp3) is 0.435. The average molecular weight is 396 g/mol. The number of hydrogen-bond donors (Lipinski definition) is 0. The van der Waals surface area contributed by atoms with Gasteiger partial charge in [-0.15, -0.1) is 0 Å². The van der Waals surface area contributed by atoms with Gasteiger partial charge in [0.25, 0.3) is 0 Å². The molecule has 0 bridgehead atoms. The molecule has 154 valence electrons. The van der Waals surface area contributed by atoms with E-state index in [0.29, 0.717) is 6.54 Å². The van der Waals surface area contributed by atoms with Gasteiger partial charge in [0.1, 0.15) is 6.10 Å². The minimum Gasteiger partial charge on any atom is -0.353 e. The van der Waals surface area contributed by atoms with E-state index in [0.717, 1.165) is 49.4 Å². The van der Waals surface area contributed by atoms with E-state index >= 15 is 0 Å². The summed E-state index contributed by atoms with van der Waals surface area (Å²) in [6.07, 6.45) is 0.890. The number of likely N-dealkylation sites (N-methyl/N-ethyl adjacent to an activating group) is 1. The number of para-hydroxylation sites is 1. The second kappa shape index (κ2) is 8.95. The number of hydrogen-bond acceptors (Lipinski definition) is 4. The topological polar surface area (TPSA) is 48.6 Å². The molecule has 2 aromatic rings. The highest BCUT2D eigenvalue weighted by atomic mass is 16.8. The Hall–Kier alpha value is -2.41. The molecule has 2 fully saturated rings. The van der Waals surface area contributed by atoms with Crippen molar-refractivity contribution in [3.05, 3.63) is 65.7 Å². The molecule has 29 heavy (non-hydrogen) atoms. The van der Waals surface area contributed by atoms with Crippen LogP contribution in [0.25, 0.3) is 0 Å². The highest BCUT2D eigenvalue weighted by Gasteiger charge is 2.40. The summed E-state index contributed by atoms with van der Waals surface area (Å²) < 4.78 is 10.7. The number of benzene rings is 2. The third-order valence-corrected chi connectivity index (χ3v) is 5.62. The van der Waals surface area contributed by atoms with Gasteiger partial charge in [0.15, 0.2) is 6.29 Å². The number of nitrogens with zero attached hydrogens (tertiary/aromatic N) is 3. The molecule has 2 amide bonds. The quantitative estimate of drug-likeness (QED) is 0.727. The summed E-state index contributed by atoms with van der Waals surface area (Å²) in [6.45, 7) is 4.03. The van der Waals surface area contributed by atoms with Gasteiger partial charge in [-0.25, -0.2) is 4.79 Å². The van der Waals surface area contributed by atoms with E-state index < -0.39 is 0 Å². The maximum atomic E-state index is 13.4. The zero-order chi connectivity index (χ0) is 20.2. The third kappa shape index (κ3) is 4.78. The molecule has 0 radical (unpaired) electrons. The van der Waals surface area contributed by atoms with Crippen molar-refractivity contribution >= 4 is 11.7 Å². The zero-order valence-corrected chi connectivity index (χ0v) is 17.2. The van der Waals surface area contributed by atoms with Gasteiger partial charge >= 0.3 is 6.03 Å². The molecule has 2 atom stereocenters. The fourth-order valence-corrected chi connectivity index (χ4v) is 3.80. The van der Waals surface area contributed by atoms with Crippen LogP contribution in [0, 0.1) is 0 Å². The van der Waals surface area contributed by atoms with E-state index in [1.54, 1.807) is 7.11 Å². The van der Waals surface area contributed by atoms with Crippen molar-refractivity contribution in [2.45, 2.75) is 25.4 Å². The SMILES string of the molecule is COC1OC1c1ccc(CN(C(=O)N2CCCN(C)CC2)c2ccccc2)cc1. The van der Waals surface area contributed by atoms with Gasteiger partial charge in [-0.2, -0.15) is 0 Å². The Kier molecular flexibility index (Phi) is 6.13. The lowest BCUT2D eigenvalue weighted by Gasteiger charge is -2.30. The van der Waals surface area contributed by atoms with E-state index in [-0.39, 0.29) is 18.4 Å². The number of carbonyl (C=O) groups excluding carboxylic acids is 1. The summed E-state index contributed by atoms with van der Waals surface area (Å²) in [5, 5.41) is 0. The van der Waals surface area contributed by atoms with E-state index in [2.05, 4.69) is 36.2 Å². The molecular weight excluding hydrogens is 366 g/mol. The van der Waals surface area contributed by atoms with Crippen molar-refractivity contribution in [3.8, 4) is 0 Å². The molecular formula is C23H29N3O3. The normalized spacial score (nSPS) is 22.2. The largest absolute Gasteiger partial charge is 0.353 e. The maximum Gasteiger partial charge on any atom is 0.324 e. The lowest BCUT2D eigenvalue weighted by molar-refractivity contribution is 0.0950. The lowest BCUT2D eigenvalue weighted by Crippen LogP contribution is -2.44. The highest BCUT2D eigenvalue weighted by Crippen LogP contribution is 2.38. The van der Waals surface area contributed by atoms with Crippen molar-refractivity contribution < 1.29 is 14.3 Å². The minimum atomic E-state index is -0.135. The Morgan fingerprint density at radius 2 is 1.83 bits per heavy atom. The monoisotopic (exact) mass is 395 g/mol. The number of anilines is 1. The van der Waals surface area contributed by atoms with Crippen molar-refractivity contribution in [3.63, 3.8) is 0 Å². The van der Waals surface area contributed by atoms with Gasteiger partial charge in [0, 0.05) is 32.4 Å². The number of amides is 2. The summed E-state index contributed by atoms with van der Waals surface area (Å²) >= 11 is 0. The van der Waals surface area contributed by atoms with Crippen molar-refractivity contribution in [2.75, 3.05) is 45.2 Å². The average Bonchev–Trinajstić information content (AvgIpc) is 3.57. The van der Waals surface area contributed by atoms with E-state index in [1.807, 2.05) is 40.1 Å². The summed E-state index contributed by atoms with van der Waals surface area (Å²) in [5.41, 5.74) is 3.12. The van der Waals surface area contributed by atoms with Crippen LogP contribution in [0.2, 0.25) is 0 Å². The van der Waals surface area contributed by atoms with Crippen LogP contribution in [-0.4, -0.2) is 62.5 Å². The summed E-state index contributed by atoms with van der Waals surface area (Å²) in [4.78, 5) is 19.6. The lowest BCUT2D eigenvalue weighted by atomic mass is 10.1. The first-order valence-corrected chi connectivity index (χ1v) is 10.2. The van der Waals surface area contributed by atoms with Crippen LogP contribution < -0.4 is 4.90 Å². The Balaban J connectivity index is 1.51. The molecule has 2 aromatic carbocycles. The molecule has 2 unspecified atom stereocenters. The first kappa shape index (κ1) is 19.9. The van der Waals surface area contributed by atoms with Gasteiger partial charge < -0.3 is 19.3 Å². The van der Waals surface area contributed by atoms with E-state index in [1.165, 1.54) is 0 Å². The van der Waals surface area contributed by atoms with Crippen LogP contribution in [0.5, 0.6) is 0 Å². The third-order valence-electron chi connectivity index (χ3n) is 5.62. The van der Waals surface area contributed by atoms with Crippen LogP contribution in [0.4, 0.5) is 10.5 Å². The number of rotatable bonds is 5. The molecule has 0 N–H and O–H groups in total. The molecule has 2 aliphatic rings. The number of epoxide rings is 1. The number of ether oxygens (including phenoxy) is 2. The van der Waals surface area contributed by atoms with Gasteiger partial charge in [-0.05, 0) is 43.3 Å². The van der Waals surface area contributed by atoms with Crippen LogP contribution in [0.15, 0.2) is 54.6 Å². The van der Waals surface area contributed by atoms with Gasteiger partial charge in [0.2, 0.25) is 0 Å². The molecule has 0 saturated carbocycles. The molecule has 6 nitrogen and oxygen atoms in total. The van der Waals surface area contributed by atoms with Crippen LogP contribution >= 0.6 is 0 Å². The zero-order valence-electron chi connectivity index (χ0n) is 17.2. The van der Waals surface area contributed by atoms with Crippen LogP contribution in [0.3, 0.4) is 0 Å². The van der Waals surface area contributed by atoms with Crippen molar-refractivity contribution in [1.29, 1.82) is 0 Å². The second-order valence-corrected chi connectivity index (χ2v) is 7.75. The van der Waals surface area contributed by atoms with Gasteiger partial charge in [-0.3, -0.25) is 4.90 Å². The predicted octanol–water partition coefficient (Wildman–Crippen LogP) is 3.49. The first-order chi connectivity index (χ1) is 14.2. The van der Waals surface area contributed by atoms with E-state index in [4.69, 9.17) is 9.47 Å². The number of methoxy groups -OCH3 is 1. The molecule has 0 aliphatic carbocycles. The van der Waals surface area contributed by atoms with Crippen molar-refractivity contribution in [1.82, 2.24) is 9.80 Å². The smallest absolute Gasteiger partial charge is 0.324 e. The Bertz CT molecular complexity index is 812. The van der Waals surface area contributed by atoms with Crippen LogP contribution in [-0.2, 0) is 16.0 Å². The molecule has 0 spiro atoms. The number of urea groups is 1. The minimum absolute atomic E-state index is 0.0231. The maximum absolute atomic E-state index is 13.4. The molecule has 2 aliphatic heterocycles.